The third-order valence-corrected chi connectivity index (χ3v) is 4.04. The second kappa shape index (κ2) is 5.40. The molecule has 1 aromatic carbocycles. The number of carbonyl (C=O) groups is 1. The molecule has 4 heteroatoms. The van der Waals surface area contributed by atoms with Gasteiger partial charge in [-0.05, 0) is 37.0 Å². The maximum Gasteiger partial charge on any atom is 0.255 e. The number of amides is 1. The number of carbonyl (C=O) groups excluding carboxylic acids is 1. The molecule has 0 saturated carbocycles. The number of hydrogen-bond acceptors (Lipinski definition) is 1. The van der Waals surface area contributed by atoms with Crippen LogP contribution in [-0.2, 0) is 0 Å². The van der Waals surface area contributed by atoms with Crippen LogP contribution >= 0.6 is 27.5 Å². The quantitative estimate of drug-likeness (QED) is 0.767. The molecule has 92 valence electrons. The van der Waals surface area contributed by atoms with Gasteiger partial charge in [-0.25, -0.2) is 0 Å². The minimum Gasteiger partial charge on any atom is -0.339 e. The van der Waals surface area contributed by atoms with Gasteiger partial charge >= 0.3 is 0 Å². The van der Waals surface area contributed by atoms with E-state index in [9.17, 15) is 4.79 Å². The Hall–Kier alpha value is -0.540. The lowest BCUT2D eigenvalue weighted by Gasteiger charge is -2.30. The number of rotatable bonds is 1. The van der Waals surface area contributed by atoms with E-state index in [2.05, 4.69) is 22.9 Å². The summed E-state index contributed by atoms with van der Waals surface area (Å²) >= 11 is 9.43. The first kappa shape index (κ1) is 12.9. The largest absolute Gasteiger partial charge is 0.339 e. The van der Waals surface area contributed by atoms with Crippen molar-refractivity contribution < 1.29 is 4.79 Å². The Kier molecular flexibility index (Phi) is 4.10. The Morgan fingerprint density at radius 1 is 1.41 bits per heavy atom. The number of piperidine rings is 1. The number of nitrogens with zero attached hydrogens (tertiary/aromatic N) is 1. The molecule has 0 atom stereocenters. The lowest BCUT2D eigenvalue weighted by molar-refractivity contribution is 0.0697. The molecule has 1 heterocycles. The van der Waals surface area contributed by atoms with Gasteiger partial charge in [0.05, 0.1) is 10.6 Å². The number of benzene rings is 1. The molecule has 1 aliphatic heterocycles. The second-order valence-electron chi connectivity index (χ2n) is 4.60. The molecule has 0 aliphatic carbocycles. The van der Waals surface area contributed by atoms with Gasteiger partial charge in [0, 0.05) is 17.6 Å². The van der Waals surface area contributed by atoms with Crippen molar-refractivity contribution in [1.29, 1.82) is 0 Å². The summed E-state index contributed by atoms with van der Waals surface area (Å²) in [6, 6.07) is 5.40. The SMILES string of the molecule is CC1CCN(C(=O)c2ccc(Br)cc2Cl)CC1. The van der Waals surface area contributed by atoms with Crippen LogP contribution in [-0.4, -0.2) is 23.9 Å². The highest BCUT2D eigenvalue weighted by molar-refractivity contribution is 9.10. The van der Waals surface area contributed by atoms with E-state index in [0.29, 0.717) is 10.6 Å². The lowest BCUT2D eigenvalue weighted by atomic mass is 9.98. The van der Waals surface area contributed by atoms with Crippen molar-refractivity contribution in [3.05, 3.63) is 33.3 Å². The molecule has 0 bridgehead atoms. The highest BCUT2D eigenvalue weighted by Crippen LogP contribution is 2.24. The standard InChI is InChI=1S/C13H15BrClNO/c1-9-4-6-16(7-5-9)13(17)11-3-2-10(14)8-12(11)15/h2-3,8-9H,4-7H2,1H3. The Morgan fingerprint density at radius 2 is 2.06 bits per heavy atom. The Labute approximate surface area is 115 Å². The van der Waals surface area contributed by atoms with Gasteiger partial charge in [-0.1, -0.05) is 34.5 Å². The maximum atomic E-state index is 12.3. The fraction of sp³-hybridized carbons (Fsp3) is 0.462. The first-order valence-corrected chi connectivity index (χ1v) is 6.99. The predicted molar refractivity (Wildman–Crippen MR) is 73.5 cm³/mol. The summed E-state index contributed by atoms with van der Waals surface area (Å²) in [4.78, 5) is 14.2. The van der Waals surface area contributed by atoms with Crippen molar-refractivity contribution >= 4 is 33.4 Å². The van der Waals surface area contributed by atoms with Gasteiger partial charge in [-0.2, -0.15) is 0 Å². The molecular formula is C13H15BrClNO. The number of halogens is 2. The normalized spacial score (nSPS) is 17.2. The van der Waals surface area contributed by atoms with Gasteiger partial charge in [-0.15, -0.1) is 0 Å². The second-order valence-corrected chi connectivity index (χ2v) is 5.92. The number of likely N-dealkylation sites (tertiary alicyclic amines) is 1. The van der Waals surface area contributed by atoms with Crippen molar-refractivity contribution in [2.75, 3.05) is 13.1 Å². The van der Waals surface area contributed by atoms with Gasteiger partial charge in [0.1, 0.15) is 0 Å². The van der Waals surface area contributed by atoms with E-state index in [4.69, 9.17) is 11.6 Å². The first-order chi connectivity index (χ1) is 8.08. The fourth-order valence-corrected chi connectivity index (χ4v) is 2.80. The molecule has 1 aromatic rings. The van der Waals surface area contributed by atoms with E-state index in [0.717, 1.165) is 36.3 Å². The van der Waals surface area contributed by atoms with E-state index in [1.807, 2.05) is 11.0 Å². The summed E-state index contributed by atoms with van der Waals surface area (Å²) < 4.78 is 0.895. The molecule has 2 nitrogen and oxygen atoms in total. The zero-order valence-electron chi connectivity index (χ0n) is 9.75. The Morgan fingerprint density at radius 3 is 2.65 bits per heavy atom. The van der Waals surface area contributed by atoms with Gasteiger partial charge in [0.25, 0.3) is 5.91 Å². The monoisotopic (exact) mass is 315 g/mol. The Balaban J connectivity index is 2.14. The summed E-state index contributed by atoms with van der Waals surface area (Å²) in [5, 5.41) is 0.517. The van der Waals surface area contributed by atoms with Crippen molar-refractivity contribution in [1.82, 2.24) is 4.90 Å². The zero-order chi connectivity index (χ0) is 12.4. The summed E-state index contributed by atoms with van der Waals surface area (Å²) in [5.41, 5.74) is 0.601. The van der Waals surface area contributed by atoms with Crippen LogP contribution in [0.3, 0.4) is 0 Å². The molecule has 2 rings (SSSR count). The van der Waals surface area contributed by atoms with Gasteiger partial charge in [0.2, 0.25) is 0 Å². The van der Waals surface area contributed by atoms with E-state index < -0.39 is 0 Å². The molecule has 17 heavy (non-hydrogen) atoms. The molecule has 1 saturated heterocycles. The van der Waals surface area contributed by atoms with E-state index in [1.165, 1.54) is 0 Å². The minimum absolute atomic E-state index is 0.0504. The average molecular weight is 317 g/mol. The van der Waals surface area contributed by atoms with Crippen LogP contribution in [0, 0.1) is 5.92 Å². The third-order valence-electron chi connectivity index (χ3n) is 3.23. The molecule has 0 spiro atoms. The van der Waals surface area contributed by atoms with Crippen molar-refractivity contribution in [2.24, 2.45) is 5.92 Å². The van der Waals surface area contributed by atoms with Crippen LogP contribution in [0.2, 0.25) is 5.02 Å². The molecular weight excluding hydrogens is 302 g/mol. The minimum atomic E-state index is 0.0504. The smallest absolute Gasteiger partial charge is 0.255 e. The fourth-order valence-electron chi connectivity index (χ4n) is 2.04. The third kappa shape index (κ3) is 3.02. The maximum absolute atomic E-state index is 12.3. The predicted octanol–water partition coefficient (Wildman–Crippen LogP) is 3.97. The van der Waals surface area contributed by atoms with E-state index >= 15 is 0 Å². The highest BCUT2D eigenvalue weighted by Gasteiger charge is 2.22. The van der Waals surface area contributed by atoms with Gasteiger partial charge < -0.3 is 4.90 Å². The van der Waals surface area contributed by atoms with E-state index in [1.54, 1.807) is 12.1 Å². The molecule has 1 fully saturated rings. The van der Waals surface area contributed by atoms with E-state index in [-0.39, 0.29) is 5.91 Å². The van der Waals surface area contributed by atoms with Crippen molar-refractivity contribution in [3.8, 4) is 0 Å². The van der Waals surface area contributed by atoms with Crippen LogP contribution in [0.15, 0.2) is 22.7 Å². The summed E-state index contributed by atoms with van der Waals surface area (Å²) in [6.45, 7) is 3.91. The summed E-state index contributed by atoms with van der Waals surface area (Å²) in [5.74, 6) is 0.772. The highest BCUT2D eigenvalue weighted by atomic mass is 79.9. The lowest BCUT2D eigenvalue weighted by Crippen LogP contribution is -2.38. The number of hydrogen-bond donors (Lipinski definition) is 0. The van der Waals surface area contributed by atoms with Crippen LogP contribution in [0.25, 0.3) is 0 Å². The average Bonchev–Trinajstić information content (AvgIpc) is 2.29. The van der Waals surface area contributed by atoms with Crippen molar-refractivity contribution in [2.45, 2.75) is 19.8 Å². The summed E-state index contributed by atoms with van der Waals surface area (Å²) in [7, 11) is 0. The van der Waals surface area contributed by atoms with Crippen LogP contribution in [0.4, 0.5) is 0 Å². The molecule has 1 amide bonds. The summed E-state index contributed by atoms with van der Waals surface area (Å²) in [6.07, 6.45) is 2.17. The first-order valence-electron chi connectivity index (χ1n) is 5.82. The molecule has 0 unspecified atom stereocenters. The Bertz CT molecular complexity index is 427. The molecule has 0 N–H and O–H groups in total. The van der Waals surface area contributed by atoms with Crippen LogP contribution in [0.1, 0.15) is 30.1 Å². The van der Waals surface area contributed by atoms with Crippen LogP contribution in [0.5, 0.6) is 0 Å². The zero-order valence-corrected chi connectivity index (χ0v) is 12.1. The van der Waals surface area contributed by atoms with Gasteiger partial charge in [-0.3, -0.25) is 4.79 Å². The van der Waals surface area contributed by atoms with Crippen molar-refractivity contribution in [3.63, 3.8) is 0 Å². The molecule has 0 radical (unpaired) electrons. The molecule has 0 aromatic heterocycles. The van der Waals surface area contributed by atoms with Gasteiger partial charge in [0.15, 0.2) is 0 Å². The topological polar surface area (TPSA) is 20.3 Å². The van der Waals surface area contributed by atoms with Crippen LogP contribution < -0.4 is 0 Å². The molecule has 1 aliphatic rings.